The van der Waals surface area contributed by atoms with E-state index in [2.05, 4.69) is 25.4 Å². The van der Waals surface area contributed by atoms with Gasteiger partial charge in [-0.25, -0.2) is 0 Å². The van der Waals surface area contributed by atoms with Crippen LogP contribution < -0.4 is 9.91 Å². The van der Waals surface area contributed by atoms with Crippen molar-refractivity contribution in [3.05, 3.63) is 54.3 Å². The molecule has 1 unspecified atom stereocenters. The number of fused-ring (bicyclic) bond motifs is 1. The molecule has 0 fully saturated rings. The van der Waals surface area contributed by atoms with Crippen LogP contribution in [0.3, 0.4) is 0 Å². The van der Waals surface area contributed by atoms with Crippen LogP contribution in [0.25, 0.3) is 0 Å². The van der Waals surface area contributed by atoms with Crippen LogP contribution in [0.5, 0.6) is 0 Å². The first kappa shape index (κ1) is 12.1. The van der Waals surface area contributed by atoms with E-state index >= 15 is 0 Å². The van der Waals surface area contributed by atoms with Gasteiger partial charge in [-0.3, -0.25) is 4.99 Å². The third kappa shape index (κ3) is 1.99. The molecule has 2 aliphatic rings. The predicted molar refractivity (Wildman–Crippen MR) is 86.5 cm³/mol. The minimum absolute atomic E-state index is 0.135. The molecule has 0 saturated carbocycles. The average molecular weight is 295 g/mol. The fourth-order valence-electron chi connectivity index (χ4n) is 2.17. The van der Waals surface area contributed by atoms with Gasteiger partial charge in [0.05, 0.1) is 6.20 Å². The van der Waals surface area contributed by atoms with E-state index in [-0.39, 0.29) is 4.59 Å². The third-order valence-electron chi connectivity index (χ3n) is 3.12. The second-order valence-electron chi connectivity index (χ2n) is 4.46. The Morgan fingerprint density at radius 3 is 2.86 bits per heavy atom. The lowest BCUT2D eigenvalue weighted by Crippen LogP contribution is -2.44. The highest BCUT2D eigenvalue weighted by molar-refractivity contribution is 7.13. The van der Waals surface area contributed by atoms with E-state index in [9.17, 15) is 0 Å². The number of rotatable bonds is 2. The first-order chi connectivity index (χ1) is 10.4. The van der Waals surface area contributed by atoms with Crippen LogP contribution in [0.2, 0.25) is 0 Å². The number of nitrogens with one attached hydrogen (secondary N) is 1. The predicted octanol–water partition coefficient (Wildman–Crippen LogP) is 2.80. The number of guanidine groups is 1. The third-order valence-corrected chi connectivity index (χ3v) is 3.97. The molecule has 0 bridgehead atoms. The van der Waals surface area contributed by atoms with Gasteiger partial charge >= 0.3 is 5.13 Å². The highest BCUT2D eigenvalue weighted by Crippen LogP contribution is 2.32. The lowest BCUT2D eigenvalue weighted by molar-refractivity contribution is 0.589. The molecule has 102 valence electrons. The Balaban J connectivity index is 1.75. The second-order valence-corrected chi connectivity index (χ2v) is 5.33. The summed E-state index contributed by atoms with van der Waals surface area (Å²) in [7, 11) is 0. The minimum atomic E-state index is 0.135. The summed E-state index contributed by atoms with van der Waals surface area (Å²) in [6.45, 7) is 0. The summed E-state index contributed by atoms with van der Waals surface area (Å²) >= 11 is 1.54. The Morgan fingerprint density at radius 2 is 2.05 bits per heavy atom. The van der Waals surface area contributed by atoms with E-state index in [1.807, 2.05) is 41.9 Å². The number of benzene rings is 1. The van der Waals surface area contributed by atoms with Crippen LogP contribution in [0.4, 0.5) is 10.8 Å². The van der Waals surface area contributed by atoms with E-state index in [1.165, 1.54) is 11.3 Å². The Hall–Kier alpha value is -2.64. The molecule has 4 rings (SSSR count). The van der Waals surface area contributed by atoms with Crippen LogP contribution in [0, 0.1) is 0 Å². The van der Waals surface area contributed by atoms with Gasteiger partial charge in [-0.2, -0.15) is 9.98 Å². The van der Waals surface area contributed by atoms with Crippen molar-refractivity contribution >= 4 is 40.2 Å². The summed E-state index contributed by atoms with van der Waals surface area (Å²) in [6, 6.07) is 9.83. The Kier molecular flexibility index (Phi) is 2.73. The topological polar surface area (TPSA) is 62.0 Å². The van der Waals surface area contributed by atoms with E-state index < -0.39 is 0 Å². The first-order valence-electron chi connectivity index (χ1n) is 6.38. The molecular weight excluding hydrogens is 284 g/mol. The lowest BCUT2D eigenvalue weighted by Gasteiger charge is -2.20. The van der Waals surface area contributed by atoms with Gasteiger partial charge < -0.3 is 5.32 Å². The SMILES string of the molecule is C1=C[N+]2(c3nccs3)N=C(Nc3ccccc3)N=C2C=N1. The summed E-state index contributed by atoms with van der Waals surface area (Å²) in [4.78, 5) is 13.0. The molecule has 1 aromatic carbocycles. The number of thiazole rings is 1. The Bertz CT molecular complexity index is 775. The van der Waals surface area contributed by atoms with Gasteiger partial charge in [0.15, 0.2) is 6.20 Å². The van der Waals surface area contributed by atoms with Gasteiger partial charge in [0.2, 0.25) is 0 Å². The highest BCUT2D eigenvalue weighted by Gasteiger charge is 2.44. The molecule has 6 nitrogen and oxygen atoms in total. The molecule has 0 spiro atoms. The molecule has 2 aromatic rings. The molecule has 3 heterocycles. The largest absolute Gasteiger partial charge is 0.324 e. The van der Waals surface area contributed by atoms with Crippen LogP contribution in [-0.2, 0) is 0 Å². The number of aliphatic imine (C=N–C) groups is 2. The maximum Gasteiger partial charge on any atom is 0.324 e. The number of para-hydroxylation sites is 1. The molecule has 21 heavy (non-hydrogen) atoms. The highest BCUT2D eigenvalue weighted by atomic mass is 32.1. The second kappa shape index (κ2) is 4.72. The molecule has 0 radical (unpaired) electrons. The van der Waals surface area contributed by atoms with E-state index in [4.69, 9.17) is 0 Å². The summed E-state index contributed by atoms with van der Waals surface area (Å²) in [5.41, 5.74) is 0.943. The summed E-state index contributed by atoms with van der Waals surface area (Å²) in [5.74, 6) is 1.27. The average Bonchev–Trinajstić information content (AvgIpc) is 3.16. The molecule has 1 N–H and O–H groups in total. The zero-order chi connectivity index (χ0) is 14.1. The molecule has 1 aromatic heterocycles. The van der Waals surface area contributed by atoms with Crippen LogP contribution in [-0.4, -0.2) is 23.0 Å². The fraction of sp³-hybridized carbons (Fsp3) is 0. The van der Waals surface area contributed by atoms with Gasteiger partial charge in [-0.05, 0) is 17.2 Å². The van der Waals surface area contributed by atoms with Crippen molar-refractivity contribution in [3.63, 3.8) is 0 Å². The first-order valence-corrected chi connectivity index (χ1v) is 7.26. The molecule has 1 atom stereocenters. The summed E-state index contributed by atoms with van der Waals surface area (Å²) in [5, 5.41) is 10.7. The number of amidine groups is 1. The zero-order valence-corrected chi connectivity index (χ0v) is 11.7. The maximum absolute atomic E-state index is 4.69. The van der Waals surface area contributed by atoms with Crippen molar-refractivity contribution in [3.8, 4) is 0 Å². The van der Waals surface area contributed by atoms with E-state index in [0.29, 0.717) is 5.96 Å². The molecule has 0 aliphatic carbocycles. The fourth-order valence-corrected chi connectivity index (χ4v) is 2.89. The van der Waals surface area contributed by atoms with Crippen LogP contribution in [0.15, 0.2) is 69.4 Å². The maximum atomic E-state index is 4.69. The van der Waals surface area contributed by atoms with Crippen LogP contribution >= 0.6 is 11.3 Å². The van der Waals surface area contributed by atoms with Crippen molar-refractivity contribution < 1.29 is 0 Å². The quantitative estimate of drug-likeness (QED) is 0.866. The number of hydrogen-bond donors (Lipinski definition) is 1. The van der Waals surface area contributed by atoms with E-state index in [1.54, 1.807) is 18.6 Å². The number of hydrogen-bond acceptors (Lipinski definition) is 6. The normalized spacial score (nSPS) is 22.7. The summed E-state index contributed by atoms with van der Waals surface area (Å²) < 4.78 is 0.135. The molecule has 2 aliphatic heterocycles. The number of aromatic nitrogens is 1. The number of quaternary nitrogens is 1. The smallest absolute Gasteiger partial charge is 0.320 e. The zero-order valence-electron chi connectivity index (χ0n) is 10.9. The van der Waals surface area contributed by atoms with Crippen molar-refractivity contribution in [2.24, 2.45) is 15.1 Å². The van der Waals surface area contributed by atoms with Gasteiger partial charge in [0, 0.05) is 17.3 Å². The summed E-state index contributed by atoms with van der Waals surface area (Å²) in [6.07, 6.45) is 7.07. The number of anilines is 1. The Labute approximate surface area is 125 Å². The molecule has 7 heteroatoms. The van der Waals surface area contributed by atoms with Gasteiger partial charge in [-0.15, -0.1) is 0 Å². The van der Waals surface area contributed by atoms with Crippen molar-refractivity contribution in [2.45, 2.75) is 0 Å². The van der Waals surface area contributed by atoms with Crippen molar-refractivity contribution in [1.29, 1.82) is 0 Å². The standard InChI is InChI=1S/C14H11N6S/c1-2-4-11(5-3-1)17-13-18-12-10-15-6-8-20(12,19-13)14-16-7-9-21-14/h1-10H,(H,17,19)/q+1. The van der Waals surface area contributed by atoms with Gasteiger partial charge in [0.25, 0.3) is 11.8 Å². The van der Waals surface area contributed by atoms with Crippen molar-refractivity contribution in [1.82, 2.24) is 9.58 Å². The van der Waals surface area contributed by atoms with Crippen molar-refractivity contribution in [2.75, 3.05) is 5.32 Å². The van der Waals surface area contributed by atoms with Gasteiger partial charge in [0.1, 0.15) is 6.21 Å². The van der Waals surface area contributed by atoms with Gasteiger partial charge in [-0.1, -0.05) is 34.1 Å². The number of nitrogens with zero attached hydrogens (tertiary/aromatic N) is 5. The molecule has 0 amide bonds. The van der Waals surface area contributed by atoms with E-state index in [0.717, 1.165) is 16.7 Å². The van der Waals surface area contributed by atoms with Crippen LogP contribution in [0.1, 0.15) is 0 Å². The monoisotopic (exact) mass is 295 g/mol. The Morgan fingerprint density at radius 1 is 1.14 bits per heavy atom. The molecular formula is C14H11N6S+. The molecule has 0 saturated heterocycles. The minimum Gasteiger partial charge on any atom is -0.320 e. The lowest BCUT2D eigenvalue weighted by atomic mass is 10.3.